The summed E-state index contributed by atoms with van der Waals surface area (Å²) in [5.74, 6) is 0.185. The molecule has 184 valence electrons. The molecule has 1 N–H and O–H groups in total. The summed E-state index contributed by atoms with van der Waals surface area (Å²) < 4.78 is 16.3. The van der Waals surface area contributed by atoms with Gasteiger partial charge < -0.3 is 19.5 Å². The van der Waals surface area contributed by atoms with E-state index in [1.165, 1.54) is 7.11 Å². The lowest BCUT2D eigenvalue weighted by molar-refractivity contribution is -0.142. The number of aromatic nitrogens is 2. The number of rotatable bonds is 10. The lowest BCUT2D eigenvalue weighted by Crippen LogP contribution is -2.43. The molecule has 8 nitrogen and oxygen atoms in total. The molecule has 4 rings (SSSR count). The number of benzene rings is 3. The van der Waals surface area contributed by atoms with Crippen LogP contribution >= 0.6 is 0 Å². The van der Waals surface area contributed by atoms with Crippen LogP contribution in [0.3, 0.4) is 0 Å². The molecule has 36 heavy (non-hydrogen) atoms. The normalized spacial score (nSPS) is 11.5. The highest BCUT2D eigenvalue weighted by molar-refractivity contribution is 5.97. The number of carbonyl (C=O) groups excluding carboxylic acids is 2. The molecular formula is C28H27N3O5. The Balaban J connectivity index is 1.29. The summed E-state index contributed by atoms with van der Waals surface area (Å²) >= 11 is 0. The van der Waals surface area contributed by atoms with Gasteiger partial charge >= 0.3 is 5.97 Å². The number of nitrogens with zero attached hydrogens (tertiary/aromatic N) is 2. The van der Waals surface area contributed by atoms with Gasteiger partial charge in [0.1, 0.15) is 30.7 Å². The minimum atomic E-state index is -0.792. The number of nitrogens with one attached hydrogen (secondary N) is 1. The number of fused-ring (bicyclic) bond motifs is 1. The first-order valence-corrected chi connectivity index (χ1v) is 11.5. The standard InChI is InChI=1S/C28H27N3O5/c1-19-27(31-24-11-7-6-10-23(24)29-19)36-17-16-35-22-14-12-21(13-15-22)26(32)30-25(28(33)34-2)18-20-8-4-3-5-9-20/h3-15,25H,16-18H2,1-2H3,(H,30,32). The minimum Gasteiger partial charge on any atom is -0.490 e. The average Bonchev–Trinajstić information content (AvgIpc) is 2.91. The van der Waals surface area contributed by atoms with Crippen LogP contribution in [0.1, 0.15) is 21.6 Å². The third kappa shape index (κ3) is 6.35. The van der Waals surface area contributed by atoms with Gasteiger partial charge in [-0.05, 0) is 48.9 Å². The Morgan fingerprint density at radius 2 is 1.47 bits per heavy atom. The van der Waals surface area contributed by atoms with Crippen molar-refractivity contribution in [3.63, 3.8) is 0 Å². The maximum Gasteiger partial charge on any atom is 0.328 e. The van der Waals surface area contributed by atoms with Crippen LogP contribution in [0, 0.1) is 6.92 Å². The van der Waals surface area contributed by atoms with Crippen LogP contribution < -0.4 is 14.8 Å². The second kappa shape index (κ2) is 11.8. The fraction of sp³-hybridized carbons (Fsp3) is 0.214. The van der Waals surface area contributed by atoms with Gasteiger partial charge in [-0.2, -0.15) is 0 Å². The van der Waals surface area contributed by atoms with Gasteiger partial charge in [-0.3, -0.25) is 4.79 Å². The van der Waals surface area contributed by atoms with Crippen molar-refractivity contribution in [2.75, 3.05) is 20.3 Å². The monoisotopic (exact) mass is 485 g/mol. The largest absolute Gasteiger partial charge is 0.490 e. The van der Waals surface area contributed by atoms with E-state index in [-0.39, 0.29) is 12.5 Å². The zero-order chi connectivity index (χ0) is 25.3. The van der Waals surface area contributed by atoms with Gasteiger partial charge in [-0.15, -0.1) is 0 Å². The maximum atomic E-state index is 12.7. The molecule has 1 unspecified atom stereocenters. The maximum absolute atomic E-state index is 12.7. The molecule has 1 aromatic heterocycles. The summed E-state index contributed by atoms with van der Waals surface area (Å²) in [4.78, 5) is 33.9. The molecule has 0 radical (unpaired) electrons. The number of ether oxygens (including phenoxy) is 3. The van der Waals surface area contributed by atoms with Gasteiger partial charge in [0.25, 0.3) is 5.91 Å². The number of aryl methyl sites for hydroxylation is 1. The number of esters is 1. The lowest BCUT2D eigenvalue weighted by Gasteiger charge is -2.17. The van der Waals surface area contributed by atoms with Gasteiger partial charge in [0, 0.05) is 12.0 Å². The molecule has 0 aliphatic carbocycles. The molecule has 1 heterocycles. The van der Waals surface area contributed by atoms with Crippen molar-refractivity contribution >= 4 is 22.9 Å². The van der Waals surface area contributed by atoms with Crippen LogP contribution in [0.15, 0.2) is 78.9 Å². The van der Waals surface area contributed by atoms with Crippen molar-refractivity contribution in [2.45, 2.75) is 19.4 Å². The molecule has 0 saturated heterocycles. The zero-order valence-electron chi connectivity index (χ0n) is 20.1. The first kappa shape index (κ1) is 24.7. The highest BCUT2D eigenvalue weighted by atomic mass is 16.5. The molecule has 4 aromatic rings. The van der Waals surface area contributed by atoms with E-state index in [0.29, 0.717) is 35.9 Å². The molecule has 0 saturated carbocycles. The predicted octanol–water partition coefficient (Wildman–Crippen LogP) is 3.91. The second-order valence-corrected chi connectivity index (χ2v) is 8.06. The number of methoxy groups -OCH3 is 1. The van der Waals surface area contributed by atoms with Crippen molar-refractivity contribution in [2.24, 2.45) is 0 Å². The Morgan fingerprint density at radius 1 is 0.833 bits per heavy atom. The summed E-state index contributed by atoms with van der Waals surface area (Å²) in [6.45, 7) is 2.43. The molecule has 3 aromatic carbocycles. The Kier molecular flexibility index (Phi) is 8.08. The average molecular weight is 486 g/mol. The molecule has 0 aliphatic heterocycles. The van der Waals surface area contributed by atoms with Crippen molar-refractivity contribution in [1.82, 2.24) is 15.3 Å². The van der Waals surface area contributed by atoms with E-state index in [1.54, 1.807) is 24.3 Å². The van der Waals surface area contributed by atoms with Gasteiger partial charge in [0.2, 0.25) is 5.88 Å². The summed E-state index contributed by atoms with van der Waals surface area (Å²) in [6.07, 6.45) is 0.335. The van der Waals surface area contributed by atoms with Crippen molar-refractivity contribution < 1.29 is 23.8 Å². The highest BCUT2D eigenvalue weighted by Crippen LogP contribution is 2.18. The van der Waals surface area contributed by atoms with E-state index in [9.17, 15) is 9.59 Å². The first-order chi connectivity index (χ1) is 17.5. The van der Waals surface area contributed by atoms with Crippen LogP contribution in [0.25, 0.3) is 11.0 Å². The van der Waals surface area contributed by atoms with E-state index in [1.807, 2.05) is 61.5 Å². The molecule has 0 spiro atoms. The van der Waals surface area contributed by atoms with Gasteiger partial charge in [-0.1, -0.05) is 42.5 Å². The van der Waals surface area contributed by atoms with E-state index < -0.39 is 12.0 Å². The molecule has 0 aliphatic rings. The summed E-state index contributed by atoms with van der Waals surface area (Å²) in [7, 11) is 1.30. The van der Waals surface area contributed by atoms with Gasteiger partial charge in [0.05, 0.1) is 18.1 Å². The molecule has 1 amide bonds. The van der Waals surface area contributed by atoms with E-state index >= 15 is 0 Å². The number of para-hydroxylation sites is 2. The number of amides is 1. The Morgan fingerprint density at radius 3 is 2.17 bits per heavy atom. The van der Waals surface area contributed by atoms with E-state index in [2.05, 4.69) is 15.3 Å². The Hall–Kier alpha value is -4.46. The quantitative estimate of drug-likeness (QED) is 0.269. The van der Waals surface area contributed by atoms with Crippen LogP contribution in [0.2, 0.25) is 0 Å². The van der Waals surface area contributed by atoms with E-state index in [4.69, 9.17) is 14.2 Å². The number of carbonyl (C=O) groups is 2. The lowest BCUT2D eigenvalue weighted by atomic mass is 10.1. The fourth-order valence-electron chi connectivity index (χ4n) is 3.64. The number of hydrogen-bond donors (Lipinski definition) is 1. The zero-order valence-corrected chi connectivity index (χ0v) is 20.1. The molecule has 0 bridgehead atoms. The molecule has 0 fully saturated rings. The minimum absolute atomic E-state index is 0.288. The van der Waals surface area contributed by atoms with Crippen molar-refractivity contribution in [3.8, 4) is 11.6 Å². The predicted molar refractivity (Wildman–Crippen MR) is 135 cm³/mol. The summed E-state index contributed by atoms with van der Waals surface area (Å²) in [5.41, 5.74) is 3.63. The smallest absolute Gasteiger partial charge is 0.328 e. The van der Waals surface area contributed by atoms with Crippen molar-refractivity contribution in [3.05, 3.63) is 95.7 Å². The van der Waals surface area contributed by atoms with Crippen LogP contribution in [0.4, 0.5) is 0 Å². The van der Waals surface area contributed by atoms with E-state index in [0.717, 1.165) is 16.6 Å². The van der Waals surface area contributed by atoms with Crippen LogP contribution in [0.5, 0.6) is 11.6 Å². The molecular weight excluding hydrogens is 458 g/mol. The van der Waals surface area contributed by atoms with Crippen molar-refractivity contribution in [1.29, 1.82) is 0 Å². The van der Waals surface area contributed by atoms with Crippen LogP contribution in [-0.4, -0.2) is 48.2 Å². The number of hydrogen-bond acceptors (Lipinski definition) is 7. The molecule has 8 heteroatoms. The fourth-order valence-corrected chi connectivity index (χ4v) is 3.64. The molecule has 1 atom stereocenters. The summed E-state index contributed by atoms with van der Waals surface area (Å²) in [6, 6.07) is 22.9. The summed E-state index contributed by atoms with van der Waals surface area (Å²) in [5, 5.41) is 2.75. The Bertz CT molecular complexity index is 1330. The van der Waals surface area contributed by atoms with Gasteiger partial charge in [-0.25, -0.2) is 14.8 Å². The third-order valence-electron chi connectivity index (χ3n) is 5.48. The van der Waals surface area contributed by atoms with Crippen LogP contribution in [-0.2, 0) is 16.0 Å². The topological polar surface area (TPSA) is 99.6 Å². The van der Waals surface area contributed by atoms with Gasteiger partial charge in [0.15, 0.2) is 0 Å². The highest BCUT2D eigenvalue weighted by Gasteiger charge is 2.22. The SMILES string of the molecule is COC(=O)C(Cc1ccccc1)NC(=O)c1ccc(OCCOc2nc3ccccc3nc2C)cc1. The first-order valence-electron chi connectivity index (χ1n) is 11.5. The third-order valence-corrected chi connectivity index (χ3v) is 5.48. The Labute approximate surface area is 209 Å². The second-order valence-electron chi connectivity index (χ2n) is 8.06.